The third kappa shape index (κ3) is 2.08. The number of fused-ring (bicyclic) bond motifs is 1. The van der Waals surface area contributed by atoms with E-state index in [4.69, 9.17) is 0 Å². The summed E-state index contributed by atoms with van der Waals surface area (Å²) in [4.78, 5) is 35.6. The van der Waals surface area contributed by atoms with Gasteiger partial charge >= 0.3 is 5.69 Å². The number of benzene rings is 2. The lowest BCUT2D eigenvalue weighted by Gasteiger charge is -2.13. The van der Waals surface area contributed by atoms with Crippen LogP contribution in [-0.2, 0) is 6.54 Å². The van der Waals surface area contributed by atoms with Gasteiger partial charge in [0.1, 0.15) is 0 Å². The summed E-state index contributed by atoms with van der Waals surface area (Å²) in [5.41, 5.74) is 0.565. The fourth-order valence-electron chi connectivity index (χ4n) is 2.38. The Morgan fingerprint density at radius 3 is 2.18 bits per heavy atom. The van der Waals surface area contributed by atoms with Gasteiger partial charge in [-0.05, 0) is 23.8 Å². The first kappa shape index (κ1) is 13.7. The summed E-state index contributed by atoms with van der Waals surface area (Å²) in [6.07, 6.45) is 0. The number of hydrogen-bond donors (Lipinski definition) is 1. The van der Waals surface area contributed by atoms with Gasteiger partial charge in [0.05, 0.1) is 22.6 Å². The van der Waals surface area contributed by atoms with Crippen LogP contribution in [0.1, 0.15) is 26.3 Å². The number of aromatic hydroxyl groups is 1. The first-order valence-corrected chi connectivity index (χ1v) is 6.40. The molecule has 2 aromatic rings. The summed E-state index contributed by atoms with van der Waals surface area (Å²) >= 11 is 0. The molecular formula is C15H10N2O5. The number of rotatable bonds is 3. The Labute approximate surface area is 124 Å². The lowest BCUT2D eigenvalue weighted by Crippen LogP contribution is -2.29. The predicted molar refractivity (Wildman–Crippen MR) is 75.4 cm³/mol. The second kappa shape index (κ2) is 4.96. The Kier molecular flexibility index (Phi) is 3.10. The molecule has 0 atom stereocenters. The molecule has 1 heterocycles. The minimum absolute atomic E-state index is 0.0898. The highest BCUT2D eigenvalue weighted by Crippen LogP contribution is 2.29. The van der Waals surface area contributed by atoms with E-state index in [0.717, 1.165) is 11.0 Å². The second-order valence-electron chi connectivity index (χ2n) is 4.82. The smallest absolute Gasteiger partial charge is 0.311 e. The van der Waals surface area contributed by atoms with E-state index in [0.29, 0.717) is 16.7 Å². The first-order chi connectivity index (χ1) is 10.5. The molecule has 110 valence electrons. The number of imide groups is 1. The monoisotopic (exact) mass is 298 g/mol. The van der Waals surface area contributed by atoms with Crippen LogP contribution in [0.4, 0.5) is 5.69 Å². The Bertz CT molecular complexity index is 780. The highest BCUT2D eigenvalue weighted by atomic mass is 16.6. The Morgan fingerprint density at radius 2 is 1.64 bits per heavy atom. The van der Waals surface area contributed by atoms with Crippen LogP contribution in [0, 0.1) is 10.1 Å². The lowest BCUT2D eigenvalue weighted by atomic mass is 10.1. The van der Waals surface area contributed by atoms with Crippen LogP contribution < -0.4 is 0 Å². The van der Waals surface area contributed by atoms with E-state index in [1.165, 1.54) is 12.1 Å². The molecule has 0 bridgehead atoms. The van der Waals surface area contributed by atoms with Crippen LogP contribution in [0.25, 0.3) is 0 Å². The number of nitro benzene ring substituents is 1. The quantitative estimate of drug-likeness (QED) is 0.531. The Balaban J connectivity index is 1.92. The molecule has 0 aliphatic carbocycles. The third-order valence-corrected chi connectivity index (χ3v) is 3.46. The molecule has 0 spiro atoms. The van der Waals surface area contributed by atoms with Crippen LogP contribution in [0.15, 0.2) is 42.5 Å². The van der Waals surface area contributed by atoms with Gasteiger partial charge in [-0.1, -0.05) is 18.2 Å². The maximum Gasteiger partial charge on any atom is 0.311 e. The molecular weight excluding hydrogens is 288 g/mol. The zero-order chi connectivity index (χ0) is 15.9. The van der Waals surface area contributed by atoms with E-state index >= 15 is 0 Å². The molecule has 0 aromatic heterocycles. The van der Waals surface area contributed by atoms with Crippen LogP contribution in [0.5, 0.6) is 5.75 Å². The molecule has 7 heteroatoms. The molecule has 0 saturated heterocycles. The van der Waals surface area contributed by atoms with Crippen molar-refractivity contribution in [2.75, 3.05) is 0 Å². The Hall–Kier alpha value is -3.22. The van der Waals surface area contributed by atoms with Crippen molar-refractivity contribution < 1.29 is 19.6 Å². The van der Waals surface area contributed by atoms with Gasteiger partial charge in [-0.2, -0.15) is 0 Å². The first-order valence-electron chi connectivity index (χ1n) is 6.40. The molecule has 7 nitrogen and oxygen atoms in total. The van der Waals surface area contributed by atoms with E-state index in [-0.39, 0.29) is 6.54 Å². The van der Waals surface area contributed by atoms with Gasteiger partial charge in [0.25, 0.3) is 11.8 Å². The predicted octanol–water partition coefficient (Wildman–Crippen LogP) is 2.10. The van der Waals surface area contributed by atoms with Gasteiger partial charge in [0.15, 0.2) is 5.75 Å². The van der Waals surface area contributed by atoms with Gasteiger partial charge in [-0.25, -0.2) is 0 Å². The molecule has 1 aliphatic heterocycles. The number of carbonyl (C=O) groups is 2. The molecule has 22 heavy (non-hydrogen) atoms. The number of hydrogen-bond acceptors (Lipinski definition) is 5. The molecule has 0 saturated carbocycles. The van der Waals surface area contributed by atoms with E-state index in [2.05, 4.69) is 0 Å². The standard InChI is InChI=1S/C15H10N2O5/c18-13-6-5-9(7-12(13)17(21)22)8-16-14(19)10-3-1-2-4-11(10)15(16)20/h1-7,18H,8H2. The summed E-state index contributed by atoms with van der Waals surface area (Å²) < 4.78 is 0. The van der Waals surface area contributed by atoms with Gasteiger partial charge in [-0.3, -0.25) is 24.6 Å². The van der Waals surface area contributed by atoms with Crippen molar-refractivity contribution in [1.82, 2.24) is 4.90 Å². The molecule has 0 fully saturated rings. The summed E-state index contributed by atoms with van der Waals surface area (Å²) in [5, 5.41) is 20.2. The van der Waals surface area contributed by atoms with E-state index < -0.39 is 28.2 Å². The largest absolute Gasteiger partial charge is 0.502 e. The van der Waals surface area contributed by atoms with Crippen molar-refractivity contribution in [1.29, 1.82) is 0 Å². The van der Waals surface area contributed by atoms with Gasteiger partial charge in [0, 0.05) is 6.07 Å². The Morgan fingerprint density at radius 1 is 1.05 bits per heavy atom. The summed E-state index contributed by atoms with van der Waals surface area (Å²) in [6, 6.07) is 10.2. The van der Waals surface area contributed by atoms with Gasteiger partial charge < -0.3 is 5.11 Å². The number of carbonyl (C=O) groups excluding carboxylic acids is 2. The van der Waals surface area contributed by atoms with E-state index in [1.54, 1.807) is 24.3 Å². The molecule has 1 aliphatic rings. The SMILES string of the molecule is O=C1c2ccccc2C(=O)N1Cc1ccc(O)c([N+](=O)[O-])c1. The summed E-state index contributed by atoms with van der Waals surface area (Å²) in [6.45, 7) is -0.0898. The fraction of sp³-hybridized carbons (Fsp3) is 0.0667. The third-order valence-electron chi connectivity index (χ3n) is 3.46. The van der Waals surface area contributed by atoms with Crippen LogP contribution in [0.3, 0.4) is 0 Å². The number of amides is 2. The topological polar surface area (TPSA) is 101 Å². The maximum atomic E-state index is 12.2. The average Bonchev–Trinajstić information content (AvgIpc) is 2.74. The molecule has 0 radical (unpaired) electrons. The minimum Gasteiger partial charge on any atom is -0.502 e. The maximum absolute atomic E-state index is 12.2. The van der Waals surface area contributed by atoms with Crippen molar-refractivity contribution in [3.8, 4) is 5.75 Å². The zero-order valence-corrected chi connectivity index (χ0v) is 11.2. The van der Waals surface area contributed by atoms with E-state index in [1.807, 2.05) is 0 Å². The molecule has 2 amide bonds. The lowest BCUT2D eigenvalue weighted by molar-refractivity contribution is -0.385. The summed E-state index contributed by atoms with van der Waals surface area (Å²) in [7, 11) is 0. The van der Waals surface area contributed by atoms with Gasteiger partial charge in [0.2, 0.25) is 0 Å². The van der Waals surface area contributed by atoms with Crippen molar-refractivity contribution in [3.05, 3.63) is 69.3 Å². The number of nitro groups is 1. The normalized spacial score (nSPS) is 13.4. The van der Waals surface area contributed by atoms with Crippen molar-refractivity contribution in [2.45, 2.75) is 6.54 Å². The van der Waals surface area contributed by atoms with Crippen LogP contribution in [0.2, 0.25) is 0 Å². The molecule has 1 N–H and O–H groups in total. The van der Waals surface area contributed by atoms with Crippen molar-refractivity contribution in [3.63, 3.8) is 0 Å². The van der Waals surface area contributed by atoms with Crippen molar-refractivity contribution in [2.24, 2.45) is 0 Å². The fourth-order valence-corrected chi connectivity index (χ4v) is 2.38. The second-order valence-corrected chi connectivity index (χ2v) is 4.82. The minimum atomic E-state index is -0.721. The highest BCUT2D eigenvalue weighted by molar-refractivity contribution is 6.21. The van der Waals surface area contributed by atoms with Crippen molar-refractivity contribution >= 4 is 17.5 Å². The zero-order valence-electron chi connectivity index (χ0n) is 11.2. The number of phenols is 1. The number of phenolic OH excluding ortho intramolecular Hbond substituents is 1. The van der Waals surface area contributed by atoms with Gasteiger partial charge in [-0.15, -0.1) is 0 Å². The average molecular weight is 298 g/mol. The molecule has 3 rings (SSSR count). The van der Waals surface area contributed by atoms with Crippen LogP contribution in [-0.4, -0.2) is 26.7 Å². The van der Waals surface area contributed by atoms with E-state index in [9.17, 15) is 24.8 Å². The summed E-state index contributed by atoms with van der Waals surface area (Å²) in [5.74, 6) is -1.33. The highest BCUT2D eigenvalue weighted by Gasteiger charge is 2.35. The molecule has 0 unspecified atom stereocenters. The van der Waals surface area contributed by atoms with Crippen LogP contribution >= 0.6 is 0 Å². The molecule has 2 aromatic carbocycles. The number of nitrogens with zero attached hydrogens (tertiary/aromatic N) is 2.